The summed E-state index contributed by atoms with van der Waals surface area (Å²) in [5.41, 5.74) is 0. The zero-order valence-corrected chi connectivity index (χ0v) is 19.5. The van der Waals surface area contributed by atoms with Gasteiger partial charge in [-0.25, -0.2) is 0 Å². The van der Waals surface area contributed by atoms with Crippen LogP contribution in [0.4, 0.5) is 0 Å². The van der Waals surface area contributed by atoms with E-state index in [0.717, 1.165) is 6.54 Å². The molecule has 0 aromatic rings. The SMILES string of the molecule is CCCCCCCCCCCCCCCCCCCCCCCCNCC. The van der Waals surface area contributed by atoms with E-state index >= 15 is 0 Å². The fourth-order valence-electron chi connectivity index (χ4n) is 4.04. The molecule has 27 heavy (non-hydrogen) atoms. The molecule has 1 heteroatoms. The first-order valence-electron chi connectivity index (χ1n) is 13.1. The Hall–Kier alpha value is -0.0400. The minimum atomic E-state index is 1.12. The Morgan fingerprint density at radius 3 is 0.852 bits per heavy atom. The van der Waals surface area contributed by atoms with E-state index in [-0.39, 0.29) is 0 Å². The van der Waals surface area contributed by atoms with Crippen LogP contribution < -0.4 is 5.32 Å². The predicted molar refractivity (Wildman–Crippen MR) is 126 cm³/mol. The first-order chi connectivity index (χ1) is 13.4. The van der Waals surface area contributed by atoms with Crippen molar-refractivity contribution in [2.45, 2.75) is 155 Å². The summed E-state index contributed by atoms with van der Waals surface area (Å²) in [5, 5.41) is 3.41. The summed E-state index contributed by atoms with van der Waals surface area (Å²) in [5.74, 6) is 0. The van der Waals surface area contributed by atoms with Crippen LogP contribution >= 0.6 is 0 Å². The number of unbranched alkanes of at least 4 members (excludes halogenated alkanes) is 21. The van der Waals surface area contributed by atoms with Gasteiger partial charge < -0.3 is 5.32 Å². The molecule has 0 aromatic heterocycles. The summed E-state index contributed by atoms with van der Waals surface area (Å²) in [6.07, 6.45) is 32.3. The minimum Gasteiger partial charge on any atom is -0.317 e. The molecule has 0 spiro atoms. The molecule has 0 radical (unpaired) electrons. The summed E-state index contributed by atoms with van der Waals surface area (Å²) < 4.78 is 0. The van der Waals surface area contributed by atoms with Crippen molar-refractivity contribution in [3.63, 3.8) is 0 Å². The van der Waals surface area contributed by atoms with Crippen molar-refractivity contribution in [1.29, 1.82) is 0 Å². The monoisotopic (exact) mass is 381 g/mol. The van der Waals surface area contributed by atoms with Gasteiger partial charge in [0, 0.05) is 0 Å². The number of rotatable bonds is 24. The van der Waals surface area contributed by atoms with Crippen LogP contribution in [0.25, 0.3) is 0 Å². The van der Waals surface area contributed by atoms with Gasteiger partial charge in [-0.1, -0.05) is 149 Å². The largest absolute Gasteiger partial charge is 0.317 e. The van der Waals surface area contributed by atoms with Crippen LogP contribution in [0, 0.1) is 0 Å². The van der Waals surface area contributed by atoms with Crippen molar-refractivity contribution in [3.05, 3.63) is 0 Å². The molecule has 0 aliphatic heterocycles. The Morgan fingerprint density at radius 2 is 0.593 bits per heavy atom. The van der Waals surface area contributed by atoms with Crippen LogP contribution in [0.1, 0.15) is 155 Å². The van der Waals surface area contributed by atoms with Crippen LogP contribution in [0.15, 0.2) is 0 Å². The normalized spacial score (nSPS) is 11.3. The Kier molecular flexibility index (Phi) is 25.9. The summed E-state index contributed by atoms with van der Waals surface area (Å²) in [6, 6.07) is 0. The molecule has 0 atom stereocenters. The Balaban J connectivity index is 2.95. The summed E-state index contributed by atoms with van der Waals surface area (Å²) in [4.78, 5) is 0. The highest BCUT2D eigenvalue weighted by molar-refractivity contribution is 4.51. The van der Waals surface area contributed by atoms with E-state index in [9.17, 15) is 0 Å². The zero-order chi connectivity index (χ0) is 19.7. The van der Waals surface area contributed by atoms with Gasteiger partial charge in [-0.15, -0.1) is 0 Å². The van der Waals surface area contributed by atoms with Gasteiger partial charge in [-0.2, -0.15) is 0 Å². The molecule has 0 aromatic carbocycles. The number of hydrogen-bond donors (Lipinski definition) is 1. The lowest BCUT2D eigenvalue weighted by atomic mass is 10.0. The van der Waals surface area contributed by atoms with E-state index in [4.69, 9.17) is 0 Å². The molecule has 0 amide bonds. The van der Waals surface area contributed by atoms with Crippen molar-refractivity contribution in [2.75, 3.05) is 13.1 Å². The topological polar surface area (TPSA) is 12.0 Å². The maximum atomic E-state index is 3.41. The average molecular weight is 382 g/mol. The molecule has 0 saturated carbocycles. The zero-order valence-electron chi connectivity index (χ0n) is 19.5. The van der Waals surface area contributed by atoms with E-state index in [0.29, 0.717) is 0 Å². The standard InChI is InChI=1S/C26H55N/c1-3-5-6-7-8-9-10-11-12-13-14-15-16-17-18-19-20-21-22-23-24-25-26-27-4-2/h27H,3-26H2,1-2H3. The molecule has 164 valence electrons. The van der Waals surface area contributed by atoms with Crippen LogP contribution in [-0.4, -0.2) is 13.1 Å². The number of hydrogen-bond acceptors (Lipinski definition) is 1. The van der Waals surface area contributed by atoms with E-state index < -0.39 is 0 Å². The average Bonchev–Trinajstić information content (AvgIpc) is 2.68. The van der Waals surface area contributed by atoms with Gasteiger partial charge >= 0.3 is 0 Å². The smallest absolute Gasteiger partial charge is 0.00490 e. The van der Waals surface area contributed by atoms with Crippen LogP contribution in [0.2, 0.25) is 0 Å². The fourth-order valence-corrected chi connectivity index (χ4v) is 4.04. The molecular weight excluding hydrogens is 326 g/mol. The maximum Gasteiger partial charge on any atom is -0.00490 e. The molecule has 0 unspecified atom stereocenters. The van der Waals surface area contributed by atoms with Crippen molar-refractivity contribution in [1.82, 2.24) is 5.32 Å². The third-order valence-corrected chi connectivity index (χ3v) is 5.96. The third kappa shape index (κ3) is 26.0. The van der Waals surface area contributed by atoms with Crippen molar-refractivity contribution in [3.8, 4) is 0 Å². The van der Waals surface area contributed by atoms with E-state index in [1.165, 1.54) is 148 Å². The third-order valence-electron chi connectivity index (χ3n) is 5.96. The molecule has 1 N–H and O–H groups in total. The van der Waals surface area contributed by atoms with E-state index in [1.54, 1.807) is 0 Å². The minimum absolute atomic E-state index is 1.12. The Morgan fingerprint density at radius 1 is 0.333 bits per heavy atom. The van der Waals surface area contributed by atoms with Gasteiger partial charge in [0.1, 0.15) is 0 Å². The van der Waals surface area contributed by atoms with Gasteiger partial charge in [0.05, 0.1) is 0 Å². The highest BCUT2D eigenvalue weighted by atomic mass is 14.8. The first kappa shape index (κ1) is 27.0. The maximum absolute atomic E-state index is 3.41. The van der Waals surface area contributed by atoms with Crippen LogP contribution in [-0.2, 0) is 0 Å². The van der Waals surface area contributed by atoms with E-state index in [2.05, 4.69) is 19.2 Å². The molecule has 0 fully saturated rings. The Labute approximate surface area is 173 Å². The van der Waals surface area contributed by atoms with Crippen molar-refractivity contribution >= 4 is 0 Å². The second-order valence-electron chi connectivity index (χ2n) is 8.78. The molecule has 0 aliphatic carbocycles. The van der Waals surface area contributed by atoms with Gasteiger partial charge in [0.2, 0.25) is 0 Å². The molecule has 0 heterocycles. The number of nitrogens with one attached hydrogen (secondary N) is 1. The summed E-state index contributed by atoms with van der Waals surface area (Å²) in [6.45, 7) is 6.84. The Bertz CT molecular complexity index is 214. The van der Waals surface area contributed by atoms with Crippen LogP contribution in [0.5, 0.6) is 0 Å². The van der Waals surface area contributed by atoms with Gasteiger partial charge in [-0.05, 0) is 19.5 Å². The summed E-state index contributed by atoms with van der Waals surface area (Å²) >= 11 is 0. The molecule has 0 saturated heterocycles. The predicted octanol–water partition coefficient (Wildman–Crippen LogP) is 9.20. The van der Waals surface area contributed by atoms with Gasteiger partial charge in [0.15, 0.2) is 0 Å². The lowest BCUT2D eigenvalue weighted by molar-refractivity contribution is 0.517. The lowest BCUT2D eigenvalue weighted by Gasteiger charge is -2.04. The second kappa shape index (κ2) is 26.0. The first-order valence-corrected chi connectivity index (χ1v) is 13.1. The highest BCUT2D eigenvalue weighted by Gasteiger charge is 1.95. The molecular formula is C26H55N. The van der Waals surface area contributed by atoms with Crippen molar-refractivity contribution < 1.29 is 0 Å². The quantitative estimate of drug-likeness (QED) is 0.164. The van der Waals surface area contributed by atoms with Gasteiger partial charge in [-0.3, -0.25) is 0 Å². The molecule has 1 nitrogen and oxygen atoms in total. The van der Waals surface area contributed by atoms with Crippen LogP contribution in [0.3, 0.4) is 0 Å². The molecule has 0 bridgehead atoms. The molecule has 0 aliphatic rings. The van der Waals surface area contributed by atoms with Crippen molar-refractivity contribution in [2.24, 2.45) is 0 Å². The summed E-state index contributed by atoms with van der Waals surface area (Å²) in [7, 11) is 0. The van der Waals surface area contributed by atoms with Gasteiger partial charge in [0.25, 0.3) is 0 Å². The second-order valence-corrected chi connectivity index (χ2v) is 8.78. The lowest BCUT2D eigenvalue weighted by Crippen LogP contribution is -2.13. The molecule has 0 rings (SSSR count). The fraction of sp³-hybridized carbons (Fsp3) is 1.00. The van der Waals surface area contributed by atoms with E-state index in [1.807, 2.05) is 0 Å². The highest BCUT2D eigenvalue weighted by Crippen LogP contribution is 2.15.